The number of para-hydroxylation sites is 1. The molecule has 0 fully saturated rings. The summed E-state index contributed by atoms with van der Waals surface area (Å²) in [6.45, 7) is 0. The first-order valence-corrected chi connectivity index (χ1v) is 15.6. The summed E-state index contributed by atoms with van der Waals surface area (Å²) in [6, 6.07) is 66.0. The van der Waals surface area contributed by atoms with Crippen molar-refractivity contribution in [2.45, 2.75) is 0 Å². The summed E-state index contributed by atoms with van der Waals surface area (Å²) in [7, 11) is 0. The van der Waals surface area contributed by atoms with Gasteiger partial charge >= 0.3 is 0 Å². The van der Waals surface area contributed by atoms with Crippen molar-refractivity contribution < 1.29 is 4.42 Å². The van der Waals surface area contributed by atoms with Crippen molar-refractivity contribution in [1.29, 1.82) is 0 Å². The van der Waals surface area contributed by atoms with Gasteiger partial charge in [0.25, 0.3) is 0 Å². The van der Waals surface area contributed by atoms with Crippen molar-refractivity contribution in [3.05, 3.63) is 188 Å². The molecule has 0 radical (unpaired) electrons. The minimum absolute atomic E-state index is 0.857. The van der Waals surface area contributed by atoms with E-state index in [0.29, 0.717) is 0 Å². The molecule has 218 valence electrons. The predicted molar refractivity (Wildman–Crippen MR) is 191 cm³/mol. The van der Waals surface area contributed by atoms with Gasteiger partial charge in [0.05, 0.1) is 11.4 Å². The second-order valence-electron chi connectivity index (χ2n) is 11.4. The molecule has 0 aliphatic carbocycles. The first-order valence-electron chi connectivity index (χ1n) is 15.6. The lowest BCUT2D eigenvalue weighted by Gasteiger charge is -2.16. The molecular weight excluding hydrogens is 558 g/mol. The predicted octanol–water partition coefficient (Wildman–Crippen LogP) is 12.1. The van der Waals surface area contributed by atoms with Gasteiger partial charge in [0.2, 0.25) is 0 Å². The largest absolute Gasteiger partial charge is 0.455 e. The smallest absolute Gasteiger partial charge is 0.142 e. The van der Waals surface area contributed by atoms with Crippen LogP contribution >= 0.6 is 0 Å². The van der Waals surface area contributed by atoms with E-state index in [1.807, 2.05) is 24.3 Å². The van der Waals surface area contributed by atoms with E-state index in [1.54, 1.807) is 0 Å². The Morgan fingerprint density at radius 1 is 0.348 bits per heavy atom. The van der Waals surface area contributed by atoms with E-state index in [-0.39, 0.29) is 0 Å². The number of furan rings is 1. The maximum Gasteiger partial charge on any atom is 0.142 e. The van der Waals surface area contributed by atoms with Gasteiger partial charge in [-0.25, -0.2) is 0 Å². The first kappa shape index (κ1) is 27.4. The minimum Gasteiger partial charge on any atom is -0.455 e. The Balaban J connectivity index is 1.32. The van der Waals surface area contributed by atoms with Gasteiger partial charge in [-0.3, -0.25) is 0 Å². The third-order valence-corrected chi connectivity index (χ3v) is 8.47. The van der Waals surface area contributed by atoms with Gasteiger partial charge in [-0.05, 0) is 46.5 Å². The van der Waals surface area contributed by atoms with Crippen molar-refractivity contribution in [3.8, 4) is 73.1 Å². The highest BCUT2D eigenvalue weighted by Gasteiger charge is 2.22. The molecule has 46 heavy (non-hydrogen) atoms. The maximum atomic E-state index is 6.63. The molecule has 2 heterocycles. The first-order chi connectivity index (χ1) is 22.8. The summed E-state index contributed by atoms with van der Waals surface area (Å²) in [5.41, 5.74) is 12.4. The molecule has 2 aromatic heterocycles. The molecule has 0 amide bonds. The molecule has 8 aromatic rings. The summed E-state index contributed by atoms with van der Waals surface area (Å²) < 4.78 is 9.02. The number of benzene rings is 6. The molecule has 0 aliphatic rings. The van der Waals surface area contributed by atoms with Gasteiger partial charge in [-0.1, -0.05) is 164 Å². The fourth-order valence-corrected chi connectivity index (χ4v) is 6.26. The Morgan fingerprint density at radius 2 is 0.804 bits per heavy atom. The number of rotatable bonds is 7. The quantitative estimate of drug-likeness (QED) is 0.181. The Kier molecular flexibility index (Phi) is 7.22. The number of aromatic nitrogens is 1. The summed E-state index contributed by atoms with van der Waals surface area (Å²) in [4.78, 5) is 0. The van der Waals surface area contributed by atoms with Crippen molar-refractivity contribution in [2.24, 2.45) is 0 Å². The Bertz CT molecular complexity index is 2200. The molecule has 0 N–H and O–H groups in total. The van der Waals surface area contributed by atoms with Gasteiger partial charge in [-0.2, -0.15) is 0 Å². The van der Waals surface area contributed by atoms with Crippen molar-refractivity contribution in [2.75, 3.05) is 0 Å². The fraction of sp³-hybridized carbons (Fsp3) is 0. The third-order valence-electron chi connectivity index (χ3n) is 8.47. The molecule has 2 heteroatoms. The topological polar surface area (TPSA) is 18.1 Å². The SMILES string of the molecule is c1ccc(-c2cc(-c3ccccc3)c(-c3ccc(-c4c(-c5ccccc5)cc(-c5ccccc5)n4-c4ccccc4)cc3)o2)cc1. The summed E-state index contributed by atoms with van der Waals surface area (Å²) >= 11 is 0. The molecule has 0 saturated carbocycles. The van der Waals surface area contributed by atoms with E-state index in [9.17, 15) is 0 Å². The van der Waals surface area contributed by atoms with Crippen LogP contribution in [0.4, 0.5) is 0 Å². The van der Waals surface area contributed by atoms with Crippen LogP contribution in [0.25, 0.3) is 73.1 Å². The molecule has 0 bridgehead atoms. The second kappa shape index (κ2) is 12.1. The van der Waals surface area contributed by atoms with Crippen LogP contribution in [0.3, 0.4) is 0 Å². The zero-order valence-corrected chi connectivity index (χ0v) is 25.3. The Hall–Kier alpha value is -6.12. The van der Waals surface area contributed by atoms with Crippen molar-refractivity contribution >= 4 is 0 Å². The van der Waals surface area contributed by atoms with Crippen LogP contribution in [0.2, 0.25) is 0 Å². The average Bonchev–Trinajstić information content (AvgIpc) is 3.77. The highest BCUT2D eigenvalue weighted by atomic mass is 16.3. The summed E-state index contributed by atoms with van der Waals surface area (Å²) in [5, 5.41) is 0. The normalized spacial score (nSPS) is 11.0. The van der Waals surface area contributed by atoms with Crippen LogP contribution in [0, 0.1) is 0 Å². The number of hydrogen-bond donors (Lipinski definition) is 0. The summed E-state index contributed by atoms with van der Waals surface area (Å²) in [6.07, 6.45) is 0. The zero-order valence-electron chi connectivity index (χ0n) is 25.3. The molecule has 6 aromatic carbocycles. The molecular formula is C44H31NO. The van der Waals surface area contributed by atoms with Gasteiger partial charge in [0.1, 0.15) is 11.5 Å². The van der Waals surface area contributed by atoms with E-state index in [0.717, 1.165) is 56.4 Å². The third kappa shape index (κ3) is 5.16. The Labute approximate surface area is 269 Å². The molecule has 0 aliphatic heterocycles. The molecule has 0 spiro atoms. The molecule has 0 unspecified atom stereocenters. The van der Waals surface area contributed by atoms with E-state index in [2.05, 4.69) is 168 Å². The van der Waals surface area contributed by atoms with Crippen molar-refractivity contribution in [3.63, 3.8) is 0 Å². The van der Waals surface area contributed by atoms with Crippen LogP contribution in [-0.2, 0) is 0 Å². The van der Waals surface area contributed by atoms with E-state index in [4.69, 9.17) is 4.42 Å². The van der Waals surface area contributed by atoms with Crippen LogP contribution in [0.5, 0.6) is 0 Å². The van der Waals surface area contributed by atoms with Gasteiger partial charge in [0, 0.05) is 27.9 Å². The number of hydrogen-bond acceptors (Lipinski definition) is 1. The minimum atomic E-state index is 0.857. The lowest BCUT2D eigenvalue weighted by Crippen LogP contribution is -2.00. The lowest BCUT2D eigenvalue weighted by molar-refractivity contribution is 0.598. The molecule has 0 atom stereocenters. The van der Waals surface area contributed by atoms with E-state index in [1.165, 1.54) is 16.7 Å². The van der Waals surface area contributed by atoms with Crippen LogP contribution in [-0.4, -0.2) is 4.57 Å². The molecule has 0 saturated heterocycles. The summed E-state index contributed by atoms with van der Waals surface area (Å²) in [5.74, 6) is 1.72. The van der Waals surface area contributed by atoms with Gasteiger partial charge < -0.3 is 8.98 Å². The zero-order chi connectivity index (χ0) is 30.7. The fourth-order valence-electron chi connectivity index (χ4n) is 6.26. The lowest BCUT2D eigenvalue weighted by atomic mass is 9.98. The second-order valence-corrected chi connectivity index (χ2v) is 11.4. The maximum absolute atomic E-state index is 6.63. The van der Waals surface area contributed by atoms with E-state index < -0.39 is 0 Å². The molecule has 8 rings (SSSR count). The number of nitrogens with zero attached hydrogens (tertiary/aromatic N) is 1. The van der Waals surface area contributed by atoms with E-state index >= 15 is 0 Å². The monoisotopic (exact) mass is 589 g/mol. The van der Waals surface area contributed by atoms with Crippen LogP contribution in [0.1, 0.15) is 0 Å². The standard InChI is InChI=1S/C44H31NO/c1-6-16-32(17-7-1)39-30-41(34-20-10-3-11-21-34)45(38-24-14-5-15-25-38)43(39)36-26-28-37(29-27-36)44-40(33-18-8-2-9-19-33)31-42(46-44)35-22-12-4-13-23-35/h1-31H. The van der Waals surface area contributed by atoms with Gasteiger partial charge in [-0.15, -0.1) is 0 Å². The van der Waals surface area contributed by atoms with Crippen LogP contribution < -0.4 is 0 Å². The average molecular weight is 590 g/mol. The Morgan fingerprint density at radius 3 is 1.37 bits per heavy atom. The highest BCUT2D eigenvalue weighted by Crippen LogP contribution is 2.43. The van der Waals surface area contributed by atoms with Crippen LogP contribution in [0.15, 0.2) is 192 Å². The van der Waals surface area contributed by atoms with Gasteiger partial charge in [0.15, 0.2) is 0 Å². The van der Waals surface area contributed by atoms with Crippen molar-refractivity contribution in [1.82, 2.24) is 4.57 Å². The highest BCUT2D eigenvalue weighted by molar-refractivity contribution is 5.90. The molecule has 2 nitrogen and oxygen atoms in total.